The van der Waals surface area contributed by atoms with Gasteiger partial charge in [0, 0.05) is 9.86 Å². The van der Waals surface area contributed by atoms with Crippen LogP contribution in [0.4, 0.5) is 13.2 Å². The van der Waals surface area contributed by atoms with Crippen LogP contribution >= 0.6 is 15.9 Å². The number of hydrogen-bond donors (Lipinski definition) is 2. The van der Waals surface area contributed by atoms with Gasteiger partial charge >= 0.3 is 0 Å². The summed E-state index contributed by atoms with van der Waals surface area (Å²) < 4.78 is 40.1. The van der Waals surface area contributed by atoms with E-state index in [4.69, 9.17) is 5.84 Å². The molecule has 0 spiro atoms. The van der Waals surface area contributed by atoms with E-state index < -0.39 is 18.6 Å². The van der Waals surface area contributed by atoms with Crippen molar-refractivity contribution in [3.63, 3.8) is 0 Å². The van der Waals surface area contributed by atoms with Gasteiger partial charge in [-0.2, -0.15) is 0 Å². The van der Waals surface area contributed by atoms with E-state index in [1.165, 1.54) is 12.1 Å². The first kappa shape index (κ1) is 13.9. The second-order valence-corrected chi connectivity index (χ2v) is 4.61. The molecule has 3 N–H and O–H groups in total. The van der Waals surface area contributed by atoms with E-state index in [-0.39, 0.29) is 11.2 Å². The van der Waals surface area contributed by atoms with Crippen molar-refractivity contribution in [1.29, 1.82) is 0 Å². The van der Waals surface area contributed by atoms with Gasteiger partial charge in [0.15, 0.2) is 0 Å². The molecule has 1 amide bonds. The van der Waals surface area contributed by atoms with Crippen LogP contribution in [0.2, 0.25) is 0 Å². The Balaban J connectivity index is 2.76. The zero-order valence-electron chi connectivity index (χ0n) is 9.41. The van der Waals surface area contributed by atoms with Crippen molar-refractivity contribution in [2.45, 2.75) is 12.7 Å². The normalized spacial score (nSPS) is 12.9. The summed E-state index contributed by atoms with van der Waals surface area (Å²) in [5.74, 6) is 4.13. The molecule has 102 valence electrons. The molecule has 1 aromatic carbocycles. The minimum Gasteiger partial charge on any atom is -0.301 e. The van der Waals surface area contributed by atoms with Crippen LogP contribution in [0, 0.1) is 0 Å². The molecule has 0 fully saturated rings. The number of rotatable bonds is 3. The Morgan fingerprint density at radius 1 is 1.37 bits per heavy atom. The third kappa shape index (κ3) is 2.33. The number of carbonyl (C=O) groups is 1. The first-order valence-corrected chi connectivity index (χ1v) is 5.99. The highest BCUT2D eigenvalue weighted by Gasteiger charge is 2.28. The molecule has 8 heteroatoms. The lowest BCUT2D eigenvalue weighted by Crippen LogP contribution is -2.32. The Hall–Kier alpha value is -1.54. The summed E-state index contributed by atoms with van der Waals surface area (Å²) in [6.07, 6.45) is -5.88. The Labute approximate surface area is 114 Å². The summed E-state index contributed by atoms with van der Waals surface area (Å²) in [5, 5.41) is 0.449. The van der Waals surface area contributed by atoms with Gasteiger partial charge in [-0.25, -0.2) is 19.0 Å². The van der Waals surface area contributed by atoms with E-state index in [1.807, 2.05) is 5.43 Å². The monoisotopic (exact) mass is 335 g/mol. The van der Waals surface area contributed by atoms with E-state index in [2.05, 4.69) is 15.9 Å². The van der Waals surface area contributed by atoms with Crippen molar-refractivity contribution in [3.8, 4) is 0 Å². The van der Waals surface area contributed by atoms with Gasteiger partial charge in [-0.3, -0.25) is 10.2 Å². The number of hydrogen-bond acceptors (Lipinski definition) is 2. The van der Waals surface area contributed by atoms with Crippen molar-refractivity contribution in [2.24, 2.45) is 5.84 Å². The lowest BCUT2D eigenvalue weighted by molar-refractivity contribution is 0.00931. The fraction of sp³-hybridized carbons (Fsp3) is 0.182. The van der Waals surface area contributed by atoms with Crippen LogP contribution in [0.15, 0.2) is 28.7 Å². The molecule has 1 atom stereocenters. The van der Waals surface area contributed by atoms with Crippen LogP contribution in [0.1, 0.15) is 16.8 Å². The van der Waals surface area contributed by atoms with Gasteiger partial charge in [0.05, 0.1) is 5.52 Å². The van der Waals surface area contributed by atoms with Crippen LogP contribution < -0.4 is 11.3 Å². The number of fused-ring (bicyclic) bond motifs is 1. The molecular formula is C11H9BrF3N3O. The Morgan fingerprint density at radius 3 is 2.63 bits per heavy atom. The molecule has 19 heavy (non-hydrogen) atoms. The third-order valence-electron chi connectivity index (χ3n) is 2.65. The molecule has 4 nitrogen and oxygen atoms in total. The van der Waals surface area contributed by atoms with Crippen LogP contribution in [0.3, 0.4) is 0 Å². The zero-order valence-corrected chi connectivity index (χ0v) is 11.0. The van der Waals surface area contributed by atoms with Crippen molar-refractivity contribution in [3.05, 3.63) is 34.4 Å². The molecule has 1 unspecified atom stereocenters. The van der Waals surface area contributed by atoms with E-state index in [1.54, 1.807) is 12.1 Å². The predicted molar refractivity (Wildman–Crippen MR) is 67.4 cm³/mol. The number of amides is 1. The Morgan fingerprint density at radius 2 is 2.05 bits per heavy atom. The summed E-state index contributed by atoms with van der Waals surface area (Å²) in [7, 11) is 0. The molecule has 0 bridgehead atoms. The molecule has 2 aromatic rings. The summed E-state index contributed by atoms with van der Waals surface area (Å²) in [6.45, 7) is 0. The van der Waals surface area contributed by atoms with Crippen molar-refractivity contribution < 1.29 is 18.0 Å². The maximum Gasteiger partial charge on any atom is 0.288 e. The number of aromatic nitrogens is 1. The molecule has 0 saturated carbocycles. The van der Waals surface area contributed by atoms with Gasteiger partial charge in [0.2, 0.25) is 6.30 Å². The number of nitrogen functional groups attached to an aromatic ring is 1. The lowest BCUT2D eigenvalue weighted by atomic mass is 10.2. The van der Waals surface area contributed by atoms with Gasteiger partial charge in [-0.15, -0.1) is 0 Å². The fourth-order valence-corrected chi connectivity index (χ4v) is 2.31. The minimum atomic E-state index is -3.25. The summed E-state index contributed by atoms with van der Waals surface area (Å²) in [6, 6.07) is 5.97. The molecule has 0 saturated heterocycles. The van der Waals surface area contributed by atoms with Crippen molar-refractivity contribution in [1.82, 2.24) is 9.99 Å². The smallest absolute Gasteiger partial charge is 0.288 e. The number of halogens is 4. The number of nitrogens with zero attached hydrogens (tertiary/aromatic N) is 1. The average molecular weight is 336 g/mol. The molecule has 0 aliphatic carbocycles. The van der Waals surface area contributed by atoms with Crippen LogP contribution in [0.25, 0.3) is 10.9 Å². The van der Waals surface area contributed by atoms with Crippen molar-refractivity contribution >= 4 is 32.7 Å². The van der Waals surface area contributed by atoms with E-state index in [0.29, 0.717) is 14.4 Å². The molecule has 1 aromatic heterocycles. The standard InChI is InChI=1S/C11H9BrF3N3O/c12-6-2-1-3-7-5(6)4-8(11(19)17-16)18(7)10(15)9(13)14/h1-4,9-10H,16H2,(H,17,19). The van der Waals surface area contributed by atoms with Gasteiger partial charge in [0.25, 0.3) is 12.3 Å². The maximum absolute atomic E-state index is 13.7. The lowest BCUT2D eigenvalue weighted by Gasteiger charge is -2.14. The number of hydrazine groups is 1. The zero-order chi connectivity index (χ0) is 14.2. The van der Waals surface area contributed by atoms with Crippen LogP contribution in [-0.2, 0) is 0 Å². The second-order valence-electron chi connectivity index (χ2n) is 3.75. The highest BCUT2D eigenvalue weighted by molar-refractivity contribution is 9.10. The van der Waals surface area contributed by atoms with Gasteiger partial charge < -0.3 is 4.57 Å². The van der Waals surface area contributed by atoms with Gasteiger partial charge in [-0.05, 0) is 18.2 Å². The van der Waals surface area contributed by atoms with Crippen LogP contribution in [-0.4, -0.2) is 16.9 Å². The quantitative estimate of drug-likeness (QED) is 0.514. The number of nitrogens with one attached hydrogen (secondary N) is 1. The average Bonchev–Trinajstić information content (AvgIpc) is 2.77. The van der Waals surface area contributed by atoms with Gasteiger partial charge in [0.1, 0.15) is 5.69 Å². The summed E-state index contributed by atoms with van der Waals surface area (Å²) in [5.41, 5.74) is 1.72. The molecule has 0 aliphatic rings. The second kappa shape index (κ2) is 5.22. The van der Waals surface area contributed by atoms with E-state index in [0.717, 1.165) is 0 Å². The first-order valence-electron chi connectivity index (χ1n) is 5.20. The number of alkyl halides is 3. The van der Waals surface area contributed by atoms with Crippen molar-refractivity contribution in [2.75, 3.05) is 0 Å². The fourth-order valence-electron chi connectivity index (χ4n) is 1.84. The van der Waals surface area contributed by atoms with Gasteiger partial charge in [-0.1, -0.05) is 22.0 Å². The molecular weight excluding hydrogens is 327 g/mol. The largest absolute Gasteiger partial charge is 0.301 e. The predicted octanol–water partition coefficient (Wildman–Crippen LogP) is 2.74. The number of carbonyl (C=O) groups excluding carboxylic acids is 1. The Bertz CT molecular complexity index is 629. The van der Waals surface area contributed by atoms with E-state index >= 15 is 0 Å². The molecule has 0 radical (unpaired) electrons. The topological polar surface area (TPSA) is 60.0 Å². The summed E-state index contributed by atoms with van der Waals surface area (Å²) in [4.78, 5) is 11.6. The SMILES string of the molecule is NNC(=O)c1cc2c(Br)cccc2n1C(F)C(F)F. The number of nitrogens with two attached hydrogens (primary N) is 1. The highest BCUT2D eigenvalue weighted by atomic mass is 79.9. The molecule has 1 heterocycles. The first-order chi connectivity index (χ1) is 8.97. The minimum absolute atomic E-state index is 0.181. The third-order valence-corrected chi connectivity index (χ3v) is 3.34. The maximum atomic E-state index is 13.7. The molecule has 0 aliphatic heterocycles. The van der Waals surface area contributed by atoms with Crippen LogP contribution in [0.5, 0.6) is 0 Å². The highest BCUT2D eigenvalue weighted by Crippen LogP contribution is 2.32. The number of benzene rings is 1. The molecule has 2 rings (SSSR count). The summed E-state index contributed by atoms with van der Waals surface area (Å²) >= 11 is 3.22. The van der Waals surface area contributed by atoms with E-state index in [9.17, 15) is 18.0 Å². The Kier molecular flexibility index (Phi) is 3.81.